The molecule has 17 heavy (non-hydrogen) atoms. The molecule has 2 heteroatoms. The summed E-state index contributed by atoms with van der Waals surface area (Å²) in [6.07, 6.45) is 8.82. The van der Waals surface area contributed by atoms with Gasteiger partial charge in [0.05, 0.1) is 0 Å². The van der Waals surface area contributed by atoms with Crippen LogP contribution >= 0.6 is 0 Å². The summed E-state index contributed by atoms with van der Waals surface area (Å²) in [5.41, 5.74) is 0.266. The molecule has 2 atom stereocenters. The molecule has 2 aliphatic rings. The molecule has 0 unspecified atom stereocenters. The molecule has 2 rings (SSSR count). The number of hydrogen-bond acceptors (Lipinski definition) is 2. The summed E-state index contributed by atoms with van der Waals surface area (Å²) in [5.74, 6) is 1.02. The Balaban J connectivity index is 1.78. The SMILES string of the molecule is CC(C)(C)NCCN1CCC[C@H]2CCCC[C@H]21. The van der Waals surface area contributed by atoms with Crippen LogP contribution in [0.3, 0.4) is 0 Å². The average Bonchev–Trinajstić information content (AvgIpc) is 2.28. The van der Waals surface area contributed by atoms with E-state index in [4.69, 9.17) is 0 Å². The van der Waals surface area contributed by atoms with Crippen LogP contribution in [0.2, 0.25) is 0 Å². The third-order valence-corrected chi connectivity index (χ3v) is 4.41. The zero-order valence-corrected chi connectivity index (χ0v) is 12.0. The van der Waals surface area contributed by atoms with Crippen LogP contribution in [0.1, 0.15) is 59.3 Å². The van der Waals surface area contributed by atoms with Crippen molar-refractivity contribution < 1.29 is 0 Å². The van der Waals surface area contributed by atoms with Crippen LogP contribution in [0.4, 0.5) is 0 Å². The van der Waals surface area contributed by atoms with E-state index in [0.29, 0.717) is 0 Å². The van der Waals surface area contributed by atoms with Gasteiger partial charge >= 0.3 is 0 Å². The van der Waals surface area contributed by atoms with Crippen LogP contribution in [0.15, 0.2) is 0 Å². The Morgan fingerprint density at radius 3 is 2.53 bits per heavy atom. The Bertz CT molecular complexity index is 230. The van der Waals surface area contributed by atoms with Crippen molar-refractivity contribution >= 4 is 0 Å². The molecule has 0 amide bonds. The molecule has 0 spiro atoms. The smallest absolute Gasteiger partial charge is 0.0124 e. The largest absolute Gasteiger partial charge is 0.311 e. The van der Waals surface area contributed by atoms with Crippen LogP contribution in [-0.2, 0) is 0 Å². The van der Waals surface area contributed by atoms with Gasteiger partial charge in [-0.05, 0) is 58.9 Å². The van der Waals surface area contributed by atoms with E-state index < -0.39 is 0 Å². The van der Waals surface area contributed by atoms with E-state index in [1.54, 1.807) is 0 Å². The molecule has 0 radical (unpaired) electrons. The number of nitrogens with one attached hydrogen (secondary N) is 1. The maximum Gasteiger partial charge on any atom is 0.0124 e. The van der Waals surface area contributed by atoms with Crippen molar-refractivity contribution in [3.8, 4) is 0 Å². The summed E-state index contributed by atoms with van der Waals surface area (Å²) < 4.78 is 0. The van der Waals surface area contributed by atoms with Crippen molar-refractivity contribution in [2.24, 2.45) is 5.92 Å². The van der Waals surface area contributed by atoms with Gasteiger partial charge < -0.3 is 5.32 Å². The molecule has 2 fully saturated rings. The molecule has 1 N–H and O–H groups in total. The fraction of sp³-hybridized carbons (Fsp3) is 1.00. The maximum absolute atomic E-state index is 3.62. The Morgan fingerprint density at radius 2 is 1.76 bits per heavy atom. The van der Waals surface area contributed by atoms with E-state index in [2.05, 4.69) is 31.0 Å². The van der Waals surface area contributed by atoms with Crippen molar-refractivity contribution in [2.75, 3.05) is 19.6 Å². The molecule has 1 aliphatic carbocycles. The van der Waals surface area contributed by atoms with Gasteiger partial charge in [0.1, 0.15) is 0 Å². The molecule has 0 aromatic heterocycles. The van der Waals surface area contributed by atoms with Crippen LogP contribution in [0.25, 0.3) is 0 Å². The fourth-order valence-electron chi connectivity index (χ4n) is 3.58. The van der Waals surface area contributed by atoms with Crippen LogP contribution in [-0.4, -0.2) is 36.1 Å². The highest BCUT2D eigenvalue weighted by Gasteiger charge is 2.32. The van der Waals surface area contributed by atoms with Crippen molar-refractivity contribution in [1.82, 2.24) is 10.2 Å². The van der Waals surface area contributed by atoms with Gasteiger partial charge in [0.2, 0.25) is 0 Å². The predicted molar refractivity (Wildman–Crippen MR) is 74.3 cm³/mol. The molecule has 1 saturated heterocycles. The quantitative estimate of drug-likeness (QED) is 0.813. The summed E-state index contributed by atoms with van der Waals surface area (Å²) >= 11 is 0. The monoisotopic (exact) mass is 238 g/mol. The minimum Gasteiger partial charge on any atom is -0.311 e. The molecule has 0 aromatic rings. The highest BCUT2D eigenvalue weighted by molar-refractivity contribution is 4.87. The van der Waals surface area contributed by atoms with Gasteiger partial charge in [0.25, 0.3) is 0 Å². The lowest BCUT2D eigenvalue weighted by molar-refractivity contribution is 0.0605. The van der Waals surface area contributed by atoms with E-state index in [9.17, 15) is 0 Å². The number of likely N-dealkylation sites (tertiary alicyclic amines) is 1. The molecular weight excluding hydrogens is 208 g/mol. The van der Waals surface area contributed by atoms with E-state index in [0.717, 1.165) is 18.5 Å². The topological polar surface area (TPSA) is 15.3 Å². The molecule has 0 aromatic carbocycles. The molecule has 1 aliphatic heterocycles. The van der Waals surface area contributed by atoms with Gasteiger partial charge in [-0.1, -0.05) is 12.8 Å². The summed E-state index contributed by atoms with van der Waals surface area (Å²) in [4.78, 5) is 2.77. The molecule has 2 nitrogen and oxygen atoms in total. The van der Waals surface area contributed by atoms with Crippen molar-refractivity contribution in [1.29, 1.82) is 0 Å². The Kier molecular flexibility index (Phi) is 4.48. The predicted octanol–water partition coefficient (Wildman–Crippen LogP) is 3.03. The zero-order valence-electron chi connectivity index (χ0n) is 12.0. The summed E-state index contributed by atoms with van der Waals surface area (Å²) in [5, 5.41) is 3.62. The summed E-state index contributed by atoms with van der Waals surface area (Å²) in [6, 6.07) is 0.916. The van der Waals surface area contributed by atoms with Gasteiger partial charge in [-0.25, -0.2) is 0 Å². The number of hydrogen-bond donors (Lipinski definition) is 1. The van der Waals surface area contributed by atoms with E-state index >= 15 is 0 Å². The molecule has 1 saturated carbocycles. The van der Waals surface area contributed by atoms with Crippen LogP contribution < -0.4 is 5.32 Å². The summed E-state index contributed by atoms with van der Waals surface area (Å²) in [6.45, 7) is 10.5. The van der Waals surface area contributed by atoms with E-state index in [1.165, 1.54) is 51.6 Å². The van der Waals surface area contributed by atoms with Crippen LogP contribution in [0, 0.1) is 5.92 Å². The first-order valence-electron chi connectivity index (χ1n) is 7.55. The highest BCUT2D eigenvalue weighted by Crippen LogP contribution is 2.34. The van der Waals surface area contributed by atoms with Gasteiger partial charge in [-0.15, -0.1) is 0 Å². The molecule has 1 heterocycles. The number of nitrogens with zero attached hydrogens (tertiary/aromatic N) is 1. The van der Waals surface area contributed by atoms with Gasteiger partial charge in [-0.3, -0.25) is 4.90 Å². The second-order valence-electron chi connectivity index (χ2n) is 6.97. The third-order valence-electron chi connectivity index (χ3n) is 4.41. The Hall–Kier alpha value is -0.0800. The first-order chi connectivity index (χ1) is 8.06. The lowest BCUT2D eigenvalue weighted by Gasteiger charge is -2.44. The third kappa shape index (κ3) is 3.96. The number of rotatable bonds is 3. The second-order valence-corrected chi connectivity index (χ2v) is 6.97. The lowest BCUT2D eigenvalue weighted by atomic mass is 9.78. The van der Waals surface area contributed by atoms with Crippen molar-refractivity contribution in [3.63, 3.8) is 0 Å². The molecule has 0 bridgehead atoms. The second kappa shape index (κ2) is 5.71. The van der Waals surface area contributed by atoms with Crippen molar-refractivity contribution in [2.45, 2.75) is 70.9 Å². The Morgan fingerprint density at radius 1 is 1.06 bits per heavy atom. The van der Waals surface area contributed by atoms with Gasteiger partial charge in [0.15, 0.2) is 0 Å². The summed E-state index contributed by atoms with van der Waals surface area (Å²) in [7, 11) is 0. The fourth-order valence-corrected chi connectivity index (χ4v) is 3.58. The standard InChI is InChI=1S/C15H30N2/c1-15(2,3)16-10-12-17-11-6-8-13-7-4-5-9-14(13)17/h13-14,16H,4-12H2,1-3H3/t13-,14-/m1/s1. The van der Waals surface area contributed by atoms with Crippen molar-refractivity contribution in [3.05, 3.63) is 0 Å². The average molecular weight is 238 g/mol. The molecule has 100 valence electrons. The Labute approximate surface area is 107 Å². The normalized spacial score (nSPS) is 31.2. The number of piperidine rings is 1. The minimum atomic E-state index is 0.266. The maximum atomic E-state index is 3.62. The van der Waals surface area contributed by atoms with E-state index in [-0.39, 0.29) is 5.54 Å². The van der Waals surface area contributed by atoms with Gasteiger partial charge in [-0.2, -0.15) is 0 Å². The first-order valence-corrected chi connectivity index (χ1v) is 7.55. The minimum absolute atomic E-state index is 0.266. The van der Waals surface area contributed by atoms with E-state index in [1.807, 2.05) is 0 Å². The lowest BCUT2D eigenvalue weighted by Crippen LogP contribution is -2.50. The van der Waals surface area contributed by atoms with Crippen LogP contribution in [0.5, 0.6) is 0 Å². The number of fused-ring (bicyclic) bond motifs is 1. The first kappa shape index (κ1) is 13.4. The molecular formula is C15H30N2. The highest BCUT2D eigenvalue weighted by atomic mass is 15.2. The van der Waals surface area contributed by atoms with Gasteiger partial charge in [0, 0.05) is 24.7 Å². The zero-order chi connectivity index (χ0) is 12.3.